The molecular weight excluding hydrogens is 264 g/mol. The summed E-state index contributed by atoms with van der Waals surface area (Å²) >= 11 is 1.88. The molecule has 0 spiro atoms. The van der Waals surface area contributed by atoms with Crippen molar-refractivity contribution in [2.45, 2.75) is 71.8 Å². The van der Waals surface area contributed by atoms with E-state index in [1.165, 1.54) is 54.1 Å². The molecule has 1 N–H and O–H groups in total. The van der Waals surface area contributed by atoms with Gasteiger partial charge >= 0.3 is 0 Å². The Kier molecular flexibility index (Phi) is 6.03. The Morgan fingerprint density at radius 1 is 1.25 bits per heavy atom. The number of aryl methyl sites for hydroxylation is 2. The van der Waals surface area contributed by atoms with Gasteiger partial charge in [0.15, 0.2) is 0 Å². The average molecular weight is 295 g/mol. The first-order chi connectivity index (χ1) is 9.63. The molecule has 3 heteroatoms. The molecule has 1 heterocycles. The van der Waals surface area contributed by atoms with Crippen LogP contribution in [-0.2, 0) is 6.42 Å². The second kappa shape index (κ2) is 7.56. The molecule has 0 amide bonds. The van der Waals surface area contributed by atoms with Gasteiger partial charge in [0.25, 0.3) is 0 Å². The smallest absolute Gasteiger partial charge is 0.0946 e. The van der Waals surface area contributed by atoms with Crippen molar-refractivity contribution in [3.8, 4) is 0 Å². The third-order valence-corrected chi connectivity index (χ3v) is 6.09. The number of aromatic nitrogens is 1. The van der Waals surface area contributed by atoms with Crippen molar-refractivity contribution in [2.24, 2.45) is 11.8 Å². The van der Waals surface area contributed by atoms with Gasteiger partial charge in [-0.2, -0.15) is 0 Å². The zero-order valence-electron chi connectivity index (χ0n) is 13.5. The largest absolute Gasteiger partial charge is 0.316 e. The van der Waals surface area contributed by atoms with Crippen molar-refractivity contribution in [3.05, 3.63) is 15.6 Å². The lowest BCUT2D eigenvalue weighted by Gasteiger charge is -2.33. The molecule has 1 saturated carbocycles. The molecule has 2 rings (SSSR count). The molecule has 2 nitrogen and oxygen atoms in total. The molecule has 1 aromatic rings. The minimum atomic E-state index is 0.613. The Hall–Kier alpha value is -0.410. The lowest BCUT2D eigenvalue weighted by molar-refractivity contribution is 0.217. The van der Waals surface area contributed by atoms with Crippen molar-refractivity contribution >= 4 is 11.3 Å². The SMILES string of the molecule is CCCC1CCC(C(Cc2nc(C)c(C)s2)NC)CC1. The van der Waals surface area contributed by atoms with Crippen LogP contribution in [0.1, 0.15) is 61.0 Å². The molecule has 1 aromatic heterocycles. The zero-order valence-corrected chi connectivity index (χ0v) is 14.4. The lowest BCUT2D eigenvalue weighted by atomic mass is 9.76. The van der Waals surface area contributed by atoms with Gasteiger partial charge in [-0.1, -0.05) is 32.6 Å². The predicted molar refractivity (Wildman–Crippen MR) is 88.5 cm³/mol. The molecule has 1 aliphatic rings. The van der Waals surface area contributed by atoms with Crippen LogP contribution >= 0.6 is 11.3 Å². The maximum Gasteiger partial charge on any atom is 0.0946 e. The fraction of sp³-hybridized carbons (Fsp3) is 0.824. The second-order valence-corrected chi connectivity index (χ2v) is 7.71. The summed E-state index contributed by atoms with van der Waals surface area (Å²) < 4.78 is 0. The number of likely N-dealkylation sites (N-methyl/N-ethyl adjacent to an activating group) is 1. The standard InChI is InChI=1S/C17H30N2S/c1-5-6-14-7-9-15(10-8-14)16(18-4)11-17-19-12(2)13(3)20-17/h14-16,18H,5-11H2,1-4H3. The summed E-state index contributed by atoms with van der Waals surface area (Å²) in [5.74, 6) is 1.84. The van der Waals surface area contributed by atoms with Crippen molar-refractivity contribution in [3.63, 3.8) is 0 Å². The Bertz CT molecular complexity index is 386. The number of rotatable bonds is 6. The number of hydrogen-bond acceptors (Lipinski definition) is 3. The quantitative estimate of drug-likeness (QED) is 0.835. The Balaban J connectivity index is 1.89. The van der Waals surface area contributed by atoms with E-state index >= 15 is 0 Å². The van der Waals surface area contributed by atoms with Gasteiger partial charge < -0.3 is 5.32 Å². The van der Waals surface area contributed by atoms with Gasteiger partial charge in [-0.3, -0.25) is 0 Å². The first kappa shape index (κ1) is 16.0. The fourth-order valence-electron chi connectivity index (χ4n) is 3.61. The highest BCUT2D eigenvalue weighted by Gasteiger charge is 2.27. The third-order valence-electron chi connectivity index (χ3n) is 5.00. The molecule has 114 valence electrons. The third kappa shape index (κ3) is 4.05. The maximum atomic E-state index is 4.72. The summed E-state index contributed by atoms with van der Waals surface area (Å²) in [7, 11) is 2.12. The van der Waals surface area contributed by atoms with Crippen LogP contribution in [0, 0.1) is 25.7 Å². The van der Waals surface area contributed by atoms with Crippen molar-refractivity contribution in [1.82, 2.24) is 10.3 Å². The van der Waals surface area contributed by atoms with Crippen LogP contribution in [0.3, 0.4) is 0 Å². The Morgan fingerprint density at radius 2 is 1.95 bits per heavy atom. The van der Waals surface area contributed by atoms with Crippen LogP contribution in [0.2, 0.25) is 0 Å². The predicted octanol–water partition coefficient (Wildman–Crippen LogP) is 4.50. The van der Waals surface area contributed by atoms with Gasteiger partial charge in [-0.15, -0.1) is 11.3 Å². The fourth-order valence-corrected chi connectivity index (χ4v) is 4.60. The number of hydrogen-bond donors (Lipinski definition) is 1. The average Bonchev–Trinajstić information content (AvgIpc) is 2.76. The topological polar surface area (TPSA) is 24.9 Å². The Morgan fingerprint density at radius 3 is 2.45 bits per heavy atom. The summed E-state index contributed by atoms with van der Waals surface area (Å²) in [5.41, 5.74) is 1.21. The lowest BCUT2D eigenvalue weighted by Crippen LogP contribution is -2.37. The van der Waals surface area contributed by atoms with Gasteiger partial charge in [0.05, 0.1) is 10.7 Å². The molecular formula is C17H30N2S. The van der Waals surface area contributed by atoms with Gasteiger partial charge in [-0.25, -0.2) is 4.98 Å². The van der Waals surface area contributed by atoms with E-state index in [0.29, 0.717) is 6.04 Å². The summed E-state index contributed by atoms with van der Waals surface area (Å²) in [6.07, 6.45) is 9.57. The second-order valence-electron chi connectivity index (χ2n) is 6.42. The molecule has 0 aliphatic heterocycles. The molecule has 20 heavy (non-hydrogen) atoms. The number of nitrogens with zero attached hydrogens (tertiary/aromatic N) is 1. The van der Waals surface area contributed by atoms with Crippen LogP contribution in [0.25, 0.3) is 0 Å². The van der Waals surface area contributed by atoms with Crippen LogP contribution < -0.4 is 5.32 Å². The highest BCUT2D eigenvalue weighted by atomic mass is 32.1. The van der Waals surface area contributed by atoms with E-state index in [0.717, 1.165) is 18.3 Å². The summed E-state index contributed by atoms with van der Waals surface area (Å²) in [6.45, 7) is 6.62. The highest BCUT2D eigenvalue weighted by molar-refractivity contribution is 7.11. The highest BCUT2D eigenvalue weighted by Crippen LogP contribution is 2.34. The van der Waals surface area contributed by atoms with Gasteiger partial charge in [0.1, 0.15) is 0 Å². The van der Waals surface area contributed by atoms with Crippen LogP contribution in [0.5, 0.6) is 0 Å². The van der Waals surface area contributed by atoms with Crippen LogP contribution in [0.4, 0.5) is 0 Å². The van der Waals surface area contributed by atoms with E-state index < -0.39 is 0 Å². The van der Waals surface area contributed by atoms with Crippen molar-refractivity contribution < 1.29 is 0 Å². The molecule has 0 aromatic carbocycles. The Labute approximate surface area is 128 Å². The minimum absolute atomic E-state index is 0.613. The maximum absolute atomic E-state index is 4.72. The van der Waals surface area contributed by atoms with Gasteiger partial charge in [-0.05, 0) is 45.6 Å². The van der Waals surface area contributed by atoms with Gasteiger partial charge in [0, 0.05) is 17.3 Å². The van der Waals surface area contributed by atoms with Crippen molar-refractivity contribution in [2.75, 3.05) is 7.05 Å². The normalized spacial score (nSPS) is 24.8. The van der Waals surface area contributed by atoms with Crippen LogP contribution in [-0.4, -0.2) is 18.1 Å². The van der Waals surface area contributed by atoms with E-state index in [-0.39, 0.29) is 0 Å². The molecule has 1 fully saturated rings. The first-order valence-corrected chi connectivity index (χ1v) is 9.05. The van der Waals surface area contributed by atoms with Crippen LogP contribution in [0.15, 0.2) is 0 Å². The van der Waals surface area contributed by atoms with E-state index in [2.05, 4.69) is 33.1 Å². The van der Waals surface area contributed by atoms with Gasteiger partial charge in [0.2, 0.25) is 0 Å². The molecule has 1 aliphatic carbocycles. The first-order valence-electron chi connectivity index (χ1n) is 8.24. The molecule has 0 bridgehead atoms. The van der Waals surface area contributed by atoms with E-state index in [9.17, 15) is 0 Å². The molecule has 1 atom stereocenters. The van der Waals surface area contributed by atoms with E-state index in [4.69, 9.17) is 4.98 Å². The summed E-state index contributed by atoms with van der Waals surface area (Å²) in [6, 6.07) is 0.613. The zero-order chi connectivity index (χ0) is 14.5. The monoisotopic (exact) mass is 294 g/mol. The molecule has 0 saturated heterocycles. The van der Waals surface area contributed by atoms with E-state index in [1.54, 1.807) is 0 Å². The minimum Gasteiger partial charge on any atom is -0.316 e. The summed E-state index contributed by atoms with van der Waals surface area (Å²) in [4.78, 5) is 6.09. The molecule has 0 radical (unpaired) electrons. The number of thiazole rings is 1. The van der Waals surface area contributed by atoms with E-state index in [1.807, 2.05) is 11.3 Å². The summed E-state index contributed by atoms with van der Waals surface area (Å²) in [5, 5.41) is 4.88. The molecule has 1 unspecified atom stereocenters. The van der Waals surface area contributed by atoms with Crippen molar-refractivity contribution in [1.29, 1.82) is 0 Å². The number of nitrogens with one attached hydrogen (secondary N) is 1.